The lowest BCUT2D eigenvalue weighted by molar-refractivity contribution is 0.0600. The first-order valence-electron chi connectivity index (χ1n) is 6.91. The number of aryl methyl sites for hydroxylation is 1. The molecule has 110 valence electrons. The maximum Gasteiger partial charge on any atom is 0.338 e. The van der Waals surface area contributed by atoms with Crippen LogP contribution in [0.15, 0.2) is 54.7 Å². The van der Waals surface area contributed by atoms with Crippen LogP contribution in [0.2, 0.25) is 0 Å². The number of esters is 1. The average Bonchev–Trinajstić information content (AvgIpc) is 3.01. The second-order valence-corrected chi connectivity index (χ2v) is 5.07. The fraction of sp³-hybridized carbons (Fsp3) is 0.111. The van der Waals surface area contributed by atoms with E-state index in [4.69, 9.17) is 4.74 Å². The van der Waals surface area contributed by atoms with E-state index in [0.717, 1.165) is 11.1 Å². The molecule has 2 heterocycles. The molecule has 0 aliphatic heterocycles. The summed E-state index contributed by atoms with van der Waals surface area (Å²) in [6.07, 6.45) is 1.81. The van der Waals surface area contributed by atoms with E-state index in [0.29, 0.717) is 16.8 Å². The topological polar surface area (TPSA) is 47.8 Å². The molecule has 0 unspecified atom stereocenters. The van der Waals surface area contributed by atoms with Gasteiger partial charge in [-0.15, -0.1) is 0 Å². The van der Waals surface area contributed by atoms with Crippen molar-refractivity contribution in [3.05, 3.63) is 77.1 Å². The number of rotatable bonds is 3. The normalized spacial score (nSPS) is 10.6. The highest BCUT2D eigenvalue weighted by molar-refractivity contribution is 6.10. The highest BCUT2D eigenvalue weighted by Gasteiger charge is 2.18. The monoisotopic (exact) mass is 293 g/mol. The zero-order valence-electron chi connectivity index (χ0n) is 12.4. The lowest BCUT2D eigenvalue weighted by atomic mass is 10.0. The van der Waals surface area contributed by atoms with Crippen molar-refractivity contribution in [3.63, 3.8) is 0 Å². The fourth-order valence-corrected chi connectivity index (χ4v) is 2.53. The van der Waals surface area contributed by atoms with Crippen LogP contribution in [0, 0.1) is 6.92 Å². The molecule has 4 heteroatoms. The van der Waals surface area contributed by atoms with Gasteiger partial charge in [0.15, 0.2) is 0 Å². The van der Waals surface area contributed by atoms with Gasteiger partial charge >= 0.3 is 5.97 Å². The molecule has 0 spiro atoms. The molecule has 4 nitrogen and oxygen atoms in total. The Morgan fingerprint density at radius 1 is 1.05 bits per heavy atom. The first-order valence-corrected chi connectivity index (χ1v) is 6.91. The quantitative estimate of drug-likeness (QED) is 0.550. The first-order chi connectivity index (χ1) is 10.6. The van der Waals surface area contributed by atoms with Crippen LogP contribution < -0.4 is 0 Å². The van der Waals surface area contributed by atoms with Gasteiger partial charge in [-0.2, -0.15) is 0 Å². The Hall–Kier alpha value is -2.88. The largest absolute Gasteiger partial charge is 0.465 e. The van der Waals surface area contributed by atoms with Crippen LogP contribution in [0.25, 0.3) is 5.52 Å². The van der Waals surface area contributed by atoms with Gasteiger partial charge in [-0.1, -0.05) is 24.3 Å². The predicted molar refractivity (Wildman–Crippen MR) is 83.3 cm³/mol. The minimum absolute atomic E-state index is 0.120. The number of pyridine rings is 1. The van der Waals surface area contributed by atoms with Gasteiger partial charge in [0.25, 0.3) is 0 Å². The van der Waals surface area contributed by atoms with E-state index in [9.17, 15) is 9.59 Å². The number of aromatic nitrogens is 1. The molecule has 22 heavy (non-hydrogen) atoms. The van der Waals surface area contributed by atoms with Crippen molar-refractivity contribution in [1.82, 2.24) is 4.40 Å². The van der Waals surface area contributed by atoms with Gasteiger partial charge < -0.3 is 9.14 Å². The number of benzene rings is 1. The van der Waals surface area contributed by atoms with Crippen LogP contribution in [0.5, 0.6) is 0 Å². The van der Waals surface area contributed by atoms with Crippen LogP contribution >= 0.6 is 0 Å². The molecule has 0 N–H and O–H groups in total. The van der Waals surface area contributed by atoms with E-state index in [1.54, 1.807) is 22.6 Å². The van der Waals surface area contributed by atoms with Crippen molar-refractivity contribution < 1.29 is 14.3 Å². The van der Waals surface area contributed by atoms with Gasteiger partial charge in [0, 0.05) is 17.3 Å². The molecular formula is C18H15NO3. The number of methoxy groups -OCH3 is 1. The third-order valence-corrected chi connectivity index (χ3v) is 3.68. The van der Waals surface area contributed by atoms with Crippen molar-refractivity contribution in [1.29, 1.82) is 0 Å². The summed E-state index contributed by atoms with van der Waals surface area (Å²) >= 11 is 0. The smallest absolute Gasteiger partial charge is 0.338 e. The number of ketones is 1. The highest BCUT2D eigenvalue weighted by Crippen LogP contribution is 2.19. The number of hydrogen-bond donors (Lipinski definition) is 0. The molecule has 0 radical (unpaired) electrons. The Labute approximate surface area is 128 Å². The summed E-state index contributed by atoms with van der Waals surface area (Å²) in [5.41, 5.74) is 3.11. The van der Waals surface area contributed by atoms with Crippen molar-refractivity contribution in [3.8, 4) is 0 Å². The molecule has 0 amide bonds. The lowest BCUT2D eigenvalue weighted by Crippen LogP contribution is -2.11. The van der Waals surface area contributed by atoms with Crippen molar-refractivity contribution >= 4 is 17.3 Å². The van der Waals surface area contributed by atoms with Gasteiger partial charge in [-0.05, 0) is 36.8 Å². The molecule has 0 saturated carbocycles. The zero-order chi connectivity index (χ0) is 15.7. The summed E-state index contributed by atoms with van der Waals surface area (Å²) < 4.78 is 6.55. The lowest BCUT2D eigenvalue weighted by Gasteiger charge is -2.10. The number of carbonyl (C=O) groups excluding carboxylic acids is 2. The molecule has 1 aromatic carbocycles. The van der Waals surface area contributed by atoms with E-state index in [1.165, 1.54) is 7.11 Å². The minimum atomic E-state index is -0.456. The molecule has 3 rings (SSSR count). The maximum atomic E-state index is 12.9. The summed E-state index contributed by atoms with van der Waals surface area (Å²) in [6, 6.07) is 14.4. The van der Waals surface area contributed by atoms with E-state index < -0.39 is 5.97 Å². The number of fused-ring (bicyclic) bond motifs is 1. The SMILES string of the molecule is COC(=O)c1cc(C(=O)c2ccccc2C)n2cccc2c1. The van der Waals surface area contributed by atoms with Gasteiger partial charge in [-0.3, -0.25) is 4.79 Å². The van der Waals surface area contributed by atoms with Crippen molar-refractivity contribution in [2.45, 2.75) is 6.92 Å². The molecule has 0 fully saturated rings. The third-order valence-electron chi connectivity index (χ3n) is 3.68. The predicted octanol–water partition coefficient (Wildman–Crippen LogP) is 3.27. The summed E-state index contributed by atoms with van der Waals surface area (Å²) in [5, 5.41) is 0. The van der Waals surface area contributed by atoms with Gasteiger partial charge in [0.2, 0.25) is 5.78 Å². The third kappa shape index (κ3) is 2.29. The number of ether oxygens (including phenoxy) is 1. The van der Waals surface area contributed by atoms with Gasteiger partial charge in [-0.25, -0.2) is 4.79 Å². The van der Waals surface area contributed by atoms with Gasteiger partial charge in [0.05, 0.1) is 18.4 Å². The Kier molecular flexibility index (Phi) is 3.51. The Morgan fingerprint density at radius 2 is 1.82 bits per heavy atom. The molecular weight excluding hydrogens is 278 g/mol. The van der Waals surface area contributed by atoms with Crippen LogP contribution in [0.4, 0.5) is 0 Å². The van der Waals surface area contributed by atoms with Crippen molar-refractivity contribution in [2.24, 2.45) is 0 Å². The number of hydrogen-bond acceptors (Lipinski definition) is 3. The summed E-state index contributed by atoms with van der Waals surface area (Å²) in [4.78, 5) is 24.7. The molecule has 0 bridgehead atoms. The minimum Gasteiger partial charge on any atom is -0.465 e. The standard InChI is InChI=1S/C18H15NO3/c1-12-6-3-4-8-15(12)17(20)16-11-13(18(21)22-2)10-14-7-5-9-19(14)16/h3-11H,1-2H3. The highest BCUT2D eigenvalue weighted by atomic mass is 16.5. The zero-order valence-corrected chi connectivity index (χ0v) is 12.4. The second kappa shape index (κ2) is 5.48. The molecule has 0 saturated heterocycles. The van der Waals surface area contributed by atoms with E-state index in [1.807, 2.05) is 43.5 Å². The molecule has 0 atom stereocenters. The molecule has 0 aliphatic rings. The Bertz CT molecular complexity index is 877. The second-order valence-electron chi connectivity index (χ2n) is 5.07. The maximum absolute atomic E-state index is 12.9. The molecule has 0 aliphatic carbocycles. The number of nitrogens with zero attached hydrogens (tertiary/aromatic N) is 1. The van der Waals surface area contributed by atoms with Crippen molar-refractivity contribution in [2.75, 3.05) is 7.11 Å². The van der Waals surface area contributed by atoms with Gasteiger partial charge in [0.1, 0.15) is 0 Å². The Morgan fingerprint density at radius 3 is 2.55 bits per heavy atom. The first kappa shape index (κ1) is 14.1. The van der Waals surface area contributed by atoms with Crippen LogP contribution in [0.3, 0.4) is 0 Å². The van der Waals surface area contributed by atoms with Crippen LogP contribution in [0.1, 0.15) is 32.0 Å². The van der Waals surface area contributed by atoms with Crippen LogP contribution in [-0.4, -0.2) is 23.3 Å². The summed E-state index contributed by atoms with van der Waals surface area (Å²) in [5.74, 6) is -0.576. The van der Waals surface area contributed by atoms with E-state index in [-0.39, 0.29) is 5.78 Å². The summed E-state index contributed by atoms with van der Waals surface area (Å²) in [7, 11) is 1.33. The van der Waals surface area contributed by atoms with E-state index in [2.05, 4.69) is 0 Å². The summed E-state index contributed by atoms with van der Waals surface area (Å²) in [6.45, 7) is 1.89. The number of carbonyl (C=O) groups is 2. The Balaban J connectivity index is 2.21. The molecule has 2 aromatic heterocycles. The van der Waals surface area contributed by atoms with Crippen LogP contribution in [-0.2, 0) is 4.74 Å². The molecule has 3 aromatic rings. The fourth-order valence-electron chi connectivity index (χ4n) is 2.53. The average molecular weight is 293 g/mol. The van der Waals surface area contributed by atoms with E-state index >= 15 is 0 Å².